The number of ketones is 1. The van der Waals surface area contributed by atoms with Gasteiger partial charge < -0.3 is 20.3 Å². The second-order valence-corrected chi connectivity index (χ2v) is 11.6. The van der Waals surface area contributed by atoms with E-state index < -0.39 is 11.7 Å². The normalized spacial score (nSPS) is 20.2. The summed E-state index contributed by atoms with van der Waals surface area (Å²) in [6.45, 7) is 3.80. The zero-order valence-electron chi connectivity index (χ0n) is 24.7. The van der Waals surface area contributed by atoms with Crippen molar-refractivity contribution in [2.45, 2.75) is 83.4 Å². The van der Waals surface area contributed by atoms with Crippen molar-refractivity contribution in [3.8, 4) is 5.75 Å². The largest absolute Gasteiger partial charge is 0.495 e. The summed E-state index contributed by atoms with van der Waals surface area (Å²) >= 11 is 0. The topological polar surface area (TPSA) is 96.5 Å². The fraction of sp³-hybridized carbons (Fsp3) is 0.613. The fourth-order valence-electron chi connectivity index (χ4n) is 6.09. The summed E-state index contributed by atoms with van der Waals surface area (Å²) < 4.78 is 47.4. The van der Waals surface area contributed by atoms with E-state index in [1.54, 1.807) is 18.2 Å². The monoisotopic (exact) mass is 589 g/mol. The number of methoxy groups -OCH3 is 1. The van der Waals surface area contributed by atoms with Gasteiger partial charge in [-0.15, -0.1) is 0 Å². The number of amides is 1. The maximum atomic E-state index is 14.0. The number of hydrogen-bond donors (Lipinski definition) is 2. The summed E-state index contributed by atoms with van der Waals surface area (Å²) in [7, 11) is 3.52. The molecule has 0 spiro atoms. The highest BCUT2D eigenvalue weighted by Gasteiger charge is 2.37. The molecule has 2 fully saturated rings. The van der Waals surface area contributed by atoms with Crippen molar-refractivity contribution in [2.75, 3.05) is 32.6 Å². The number of nitrogens with one attached hydrogen (secondary N) is 2. The van der Waals surface area contributed by atoms with Crippen LogP contribution in [0.4, 0.5) is 24.8 Å². The van der Waals surface area contributed by atoms with Crippen LogP contribution in [0.2, 0.25) is 0 Å². The quantitative estimate of drug-likeness (QED) is 0.323. The number of halogens is 3. The summed E-state index contributed by atoms with van der Waals surface area (Å²) in [4.78, 5) is 35.8. The third-order valence-corrected chi connectivity index (χ3v) is 8.48. The Hall–Kier alpha value is -3.21. The van der Waals surface area contributed by atoms with Crippen molar-refractivity contribution in [1.29, 1.82) is 0 Å². The van der Waals surface area contributed by atoms with Crippen molar-refractivity contribution in [1.82, 2.24) is 20.2 Å². The van der Waals surface area contributed by atoms with Gasteiger partial charge in [-0.05, 0) is 88.7 Å². The minimum absolute atomic E-state index is 0.00856. The third-order valence-electron chi connectivity index (χ3n) is 8.48. The number of likely N-dealkylation sites (tertiary alicyclic amines) is 1. The van der Waals surface area contributed by atoms with Gasteiger partial charge >= 0.3 is 6.18 Å². The number of alkyl halides is 3. The molecule has 0 radical (unpaired) electrons. The number of carbonyl (C=O) groups is 2. The van der Waals surface area contributed by atoms with Crippen LogP contribution < -0.4 is 15.4 Å². The van der Waals surface area contributed by atoms with Gasteiger partial charge in [0.15, 0.2) is 0 Å². The number of nitrogens with zero attached hydrogens (tertiary/aromatic N) is 3. The Bertz CT molecular complexity index is 1230. The van der Waals surface area contributed by atoms with Crippen molar-refractivity contribution in [2.24, 2.45) is 11.8 Å². The molecule has 4 rings (SSSR count). The van der Waals surface area contributed by atoms with Crippen molar-refractivity contribution < 1.29 is 27.5 Å². The van der Waals surface area contributed by atoms with Gasteiger partial charge in [-0.25, -0.2) is 9.97 Å². The molecule has 1 amide bonds. The van der Waals surface area contributed by atoms with E-state index >= 15 is 0 Å². The second-order valence-electron chi connectivity index (χ2n) is 11.6. The summed E-state index contributed by atoms with van der Waals surface area (Å²) in [5.74, 6) is 0.318. The predicted octanol–water partition coefficient (Wildman–Crippen LogP) is 6.18. The van der Waals surface area contributed by atoms with Crippen LogP contribution in [-0.2, 0) is 17.4 Å². The van der Waals surface area contributed by atoms with E-state index in [-0.39, 0.29) is 47.6 Å². The number of aromatic nitrogens is 2. The van der Waals surface area contributed by atoms with Gasteiger partial charge in [0, 0.05) is 30.6 Å². The van der Waals surface area contributed by atoms with Crippen LogP contribution in [0.15, 0.2) is 24.4 Å². The predicted molar refractivity (Wildman–Crippen MR) is 155 cm³/mol. The molecule has 2 aliphatic rings. The molecule has 1 saturated carbocycles. The second kappa shape index (κ2) is 14.3. The van der Waals surface area contributed by atoms with Gasteiger partial charge in [-0.2, -0.15) is 13.2 Å². The van der Waals surface area contributed by atoms with E-state index in [1.807, 2.05) is 6.92 Å². The smallest absolute Gasteiger partial charge is 0.419 e. The van der Waals surface area contributed by atoms with Crippen molar-refractivity contribution >= 4 is 23.3 Å². The number of rotatable bonds is 11. The number of Topliss-reactive ketones (excluding diaryl/α,β-unsaturated/α-hetero) is 1. The number of ether oxygens (including phenoxy) is 1. The van der Waals surface area contributed by atoms with Crippen LogP contribution in [0.5, 0.6) is 5.75 Å². The van der Waals surface area contributed by atoms with Gasteiger partial charge in [0.05, 0.1) is 24.1 Å². The Morgan fingerprint density at radius 3 is 2.48 bits per heavy atom. The Morgan fingerprint density at radius 1 is 1.10 bits per heavy atom. The standard InChI is InChI=1S/C31H42F3N5O3/c1-4-7-24(40)16-20-8-5-6-9-21(20)17-27-25(31(32,33)34)19-35-30(38-27)37-26-11-10-22(18-28(26)42-3)29(41)36-23-12-14-39(2)15-13-23/h10-11,18-21,23H,4-9,12-17H2,1-3H3,(H,36,41)(H,35,37,38)/t20-,21-/m0/s1. The van der Waals surface area contributed by atoms with Crippen LogP contribution in [0.3, 0.4) is 0 Å². The first kappa shape index (κ1) is 31.7. The molecule has 1 aliphatic heterocycles. The zero-order chi connectivity index (χ0) is 30.3. The van der Waals surface area contributed by atoms with E-state index in [4.69, 9.17) is 4.74 Å². The molecule has 230 valence electrons. The molecule has 1 aromatic heterocycles. The first-order chi connectivity index (χ1) is 20.1. The average molecular weight is 590 g/mol. The van der Waals surface area contributed by atoms with Crippen molar-refractivity contribution in [3.63, 3.8) is 0 Å². The highest BCUT2D eigenvalue weighted by molar-refractivity contribution is 5.95. The molecule has 2 N–H and O–H groups in total. The number of carbonyl (C=O) groups excluding carboxylic acids is 2. The number of benzene rings is 1. The highest BCUT2D eigenvalue weighted by atomic mass is 19.4. The number of anilines is 2. The molecule has 1 aromatic carbocycles. The lowest BCUT2D eigenvalue weighted by atomic mass is 9.74. The summed E-state index contributed by atoms with van der Waals surface area (Å²) in [6.07, 6.45) is 3.29. The average Bonchev–Trinajstić information content (AvgIpc) is 2.95. The maximum Gasteiger partial charge on any atom is 0.419 e. The molecule has 2 heterocycles. The molecule has 42 heavy (non-hydrogen) atoms. The zero-order valence-corrected chi connectivity index (χ0v) is 24.7. The highest BCUT2D eigenvalue weighted by Crippen LogP contribution is 2.39. The van der Waals surface area contributed by atoms with Gasteiger partial charge in [0.1, 0.15) is 11.5 Å². The molecule has 2 aromatic rings. The maximum absolute atomic E-state index is 14.0. The van der Waals surface area contributed by atoms with Gasteiger partial charge in [-0.1, -0.05) is 19.8 Å². The molecular formula is C31H42F3N5O3. The van der Waals surface area contributed by atoms with E-state index in [0.717, 1.165) is 64.2 Å². The lowest BCUT2D eigenvalue weighted by Crippen LogP contribution is -2.43. The molecule has 2 atom stereocenters. The van der Waals surface area contributed by atoms with Gasteiger partial charge in [0.2, 0.25) is 5.95 Å². The summed E-state index contributed by atoms with van der Waals surface area (Å²) in [5, 5.41) is 6.06. The first-order valence-corrected chi connectivity index (χ1v) is 15.0. The molecule has 0 bridgehead atoms. The van der Waals surface area contributed by atoms with Crippen LogP contribution in [0.25, 0.3) is 0 Å². The Kier molecular flexibility index (Phi) is 10.8. The number of hydrogen-bond acceptors (Lipinski definition) is 7. The van der Waals surface area contributed by atoms with E-state index in [0.29, 0.717) is 29.8 Å². The Morgan fingerprint density at radius 2 is 1.81 bits per heavy atom. The summed E-state index contributed by atoms with van der Waals surface area (Å²) in [5.41, 5.74) is -0.0795. The first-order valence-electron chi connectivity index (χ1n) is 15.0. The molecule has 1 saturated heterocycles. The minimum Gasteiger partial charge on any atom is -0.495 e. The van der Waals surface area contributed by atoms with Crippen LogP contribution in [0, 0.1) is 11.8 Å². The molecular weight excluding hydrogens is 547 g/mol. The van der Waals surface area contributed by atoms with Gasteiger partial charge in [0.25, 0.3) is 5.91 Å². The Balaban J connectivity index is 1.52. The van der Waals surface area contributed by atoms with E-state index in [1.165, 1.54) is 7.11 Å². The fourth-order valence-corrected chi connectivity index (χ4v) is 6.09. The Labute approximate surface area is 245 Å². The van der Waals surface area contributed by atoms with Gasteiger partial charge in [-0.3, -0.25) is 9.59 Å². The lowest BCUT2D eigenvalue weighted by Gasteiger charge is -2.31. The van der Waals surface area contributed by atoms with Crippen molar-refractivity contribution in [3.05, 3.63) is 41.2 Å². The summed E-state index contributed by atoms with van der Waals surface area (Å²) in [6, 6.07) is 4.97. The SMILES string of the molecule is CCCC(=O)C[C@@H]1CCCC[C@H]1Cc1nc(Nc2ccc(C(=O)NC3CCN(C)CC3)cc2OC)ncc1C(F)(F)F. The lowest BCUT2D eigenvalue weighted by molar-refractivity contribution is -0.139. The van der Waals surface area contributed by atoms with Crippen LogP contribution in [-0.4, -0.2) is 59.8 Å². The molecule has 1 aliphatic carbocycles. The van der Waals surface area contributed by atoms with E-state index in [9.17, 15) is 22.8 Å². The molecule has 8 nitrogen and oxygen atoms in total. The third kappa shape index (κ3) is 8.42. The van der Waals surface area contributed by atoms with Crippen LogP contribution in [0.1, 0.15) is 86.3 Å². The van der Waals surface area contributed by atoms with Crippen LogP contribution >= 0.6 is 0 Å². The van der Waals surface area contributed by atoms with E-state index in [2.05, 4.69) is 32.5 Å². The number of piperidine rings is 1. The molecule has 11 heteroatoms. The molecule has 0 unspecified atom stereocenters. The minimum atomic E-state index is -4.60.